The fourth-order valence-electron chi connectivity index (χ4n) is 5.28. The molecule has 2 atom stereocenters. The Labute approximate surface area is 256 Å². The first kappa shape index (κ1) is 30.1. The smallest absolute Gasteiger partial charge is 0.407 e. The highest BCUT2D eigenvalue weighted by atomic mass is 35.5. The van der Waals surface area contributed by atoms with Crippen molar-refractivity contribution in [3.63, 3.8) is 0 Å². The second kappa shape index (κ2) is 13.3. The fourth-order valence-corrected chi connectivity index (χ4v) is 5.47. The van der Waals surface area contributed by atoms with E-state index >= 15 is 0 Å². The molecule has 1 aliphatic rings. The molecule has 12 nitrogen and oxygen atoms in total. The van der Waals surface area contributed by atoms with E-state index in [9.17, 15) is 19.5 Å². The quantitative estimate of drug-likeness (QED) is 0.185. The Morgan fingerprint density at radius 1 is 0.909 bits per heavy atom. The monoisotopic (exact) mass is 613 g/mol. The molecule has 3 aromatic carbocycles. The molecular formula is C31H28ClN7O5. The summed E-state index contributed by atoms with van der Waals surface area (Å²) in [5.41, 5.74) is 8.30. The van der Waals surface area contributed by atoms with Gasteiger partial charge in [0.15, 0.2) is 0 Å². The second-order valence-electron chi connectivity index (χ2n) is 9.93. The number of carbonyl (C=O) groups excluding carboxylic acids is 2. The number of aromatic nitrogens is 4. The van der Waals surface area contributed by atoms with Crippen LogP contribution in [0.1, 0.15) is 38.6 Å². The maximum Gasteiger partial charge on any atom is 0.407 e. The Hall–Kier alpha value is -5.36. The van der Waals surface area contributed by atoms with Crippen molar-refractivity contribution in [2.45, 2.75) is 18.4 Å². The fraction of sp³-hybridized carbons (Fsp3) is 0.194. The number of nitrogens with two attached hydrogens (primary N) is 1. The highest BCUT2D eigenvalue weighted by Gasteiger charge is 2.33. The first-order chi connectivity index (χ1) is 21.3. The number of nitrogens with one attached hydrogen (secondary N) is 1. The maximum absolute atomic E-state index is 11.7. The number of esters is 1. The summed E-state index contributed by atoms with van der Waals surface area (Å²) in [5.74, 6) is -0.320. The largest absolute Gasteiger partial charge is 0.465 e. The molecular weight excluding hydrogens is 586 g/mol. The highest BCUT2D eigenvalue weighted by Crippen LogP contribution is 2.32. The van der Waals surface area contributed by atoms with Gasteiger partial charge in [0, 0.05) is 29.8 Å². The number of carboxylic acid groups (broad SMARTS) is 1. The molecule has 0 radical (unpaired) electrons. The third kappa shape index (κ3) is 6.35. The van der Waals surface area contributed by atoms with Crippen molar-refractivity contribution in [2.24, 2.45) is 5.73 Å². The van der Waals surface area contributed by atoms with Crippen LogP contribution in [0.2, 0.25) is 5.15 Å². The van der Waals surface area contributed by atoms with Gasteiger partial charge in [-0.25, -0.2) is 29.5 Å². The van der Waals surface area contributed by atoms with Gasteiger partial charge in [-0.15, -0.1) is 0 Å². The molecule has 44 heavy (non-hydrogen) atoms. The molecule has 2 amide bonds. The van der Waals surface area contributed by atoms with Gasteiger partial charge in [0.2, 0.25) is 0 Å². The Kier molecular flexibility index (Phi) is 9.10. The average molecular weight is 614 g/mol. The van der Waals surface area contributed by atoms with Crippen molar-refractivity contribution in [1.82, 2.24) is 24.8 Å². The van der Waals surface area contributed by atoms with Crippen LogP contribution in [-0.2, 0) is 4.74 Å². The highest BCUT2D eigenvalue weighted by molar-refractivity contribution is 6.34. The van der Waals surface area contributed by atoms with Gasteiger partial charge in [0.25, 0.3) is 5.91 Å². The summed E-state index contributed by atoms with van der Waals surface area (Å²) in [4.78, 5) is 52.5. The molecule has 224 valence electrons. The normalized spacial score (nSPS) is 16.1. The number of carbonyl (C=O) groups is 3. The summed E-state index contributed by atoms with van der Waals surface area (Å²) < 4.78 is 4.64. The number of likely N-dealkylation sites (tertiary alicyclic amines) is 1. The van der Waals surface area contributed by atoms with Crippen molar-refractivity contribution in [3.05, 3.63) is 101 Å². The lowest BCUT2D eigenvalue weighted by Crippen LogP contribution is -2.48. The number of para-hydroxylation sites is 2. The number of anilines is 1. The number of piperidine rings is 1. The topological polar surface area (TPSA) is 174 Å². The number of hydrogen-bond acceptors (Lipinski definition) is 9. The minimum absolute atomic E-state index is 0.121. The summed E-state index contributed by atoms with van der Waals surface area (Å²) in [5, 5.41) is 14.5. The van der Waals surface area contributed by atoms with E-state index in [2.05, 4.69) is 42.1 Å². The van der Waals surface area contributed by atoms with Gasteiger partial charge in [0.1, 0.15) is 23.6 Å². The second-order valence-corrected chi connectivity index (χ2v) is 10.3. The van der Waals surface area contributed by atoms with Crippen LogP contribution in [0, 0.1) is 0 Å². The van der Waals surface area contributed by atoms with Gasteiger partial charge in [-0.05, 0) is 36.2 Å². The number of fused-ring (bicyclic) bond motifs is 2. The number of primary amides is 1. The van der Waals surface area contributed by atoms with Crippen LogP contribution in [-0.4, -0.2) is 74.2 Å². The lowest BCUT2D eigenvalue weighted by molar-refractivity contribution is 0.0602. The van der Waals surface area contributed by atoms with Crippen LogP contribution in [0.5, 0.6) is 0 Å². The molecule has 0 aliphatic carbocycles. The average Bonchev–Trinajstić information content (AvgIpc) is 3.05. The van der Waals surface area contributed by atoms with Crippen molar-refractivity contribution < 1.29 is 24.2 Å². The first-order valence-electron chi connectivity index (χ1n) is 13.6. The maximum atomic E-state index is 11.7. The van der Waals surface area contributed by atoms with Gasteiger partial charge in [0.05, 0.1) is 35.3 Å². The number of ether oxygens (including phenoxy) is 1. The Balaban J connectivity index is 0.000000215. The number of rotatable bonds is 5. The molecule has 4 N–H and O–H groups in total. The van der Waals surface area contributed by atoms with Crippen molar-refractivity contribution in [2.75, 3.05) is 25.5 Å². The van der Waals surface area contributed by atoms with E-state index in [0.717, 1.165) is 5.56 Å². The van der Waals surface area contributed by atoms with E-state index in [1.54, 1.807) is 30.3 Å². The molecule has 6 rings (SSSR count). The van der Waals surface area contributed by atoms with Crippen LogP contribution in [0.3, 0.4) is 0 Å². The van der Waals surface area contributed by atoms with Gasteiger partial charge in [-0.1, -0.05) is 54.1 Å². The lowest BCUT2D eigenvalue weighted by Gasteiger charge is -2.38. The van der Waals surface area contributed by atoms with E-state index in [1.165, 1.54) is 24.7 Å². The summed E-state index contributed by atoms with van der Waals surface area (Å²) in [6.45, 7) is 0.805. The third-order valence-electron chi connectivity index (χ3n) is 7.38. The van der Waals surface area contributed by atoms with Gasteiger partial charge in [-0.3, -0.25) is 4.79 Å². The molecule has 0 saturated carbocycles. The van der Waals surface area contributed by atoms with E-state index in [4.69, 9.17) is 17.3 Å². The van der Waals surface area contributed by atoms with Crippen LogP contribution < -0.4 is 11.1 Å². The molecule has 3 heterocycles. The molecule has 0 spiro atoms. The van der Waals surface area contributed by atoms with Gasteiger partial charge in [-0.2, -0.15) is 0 Å². The first-order valence-corrected chi connectivity index (χ1v) is 14.0. The minimum Gasteiger partial charge on any atom is -0.465 e. The molecule has 1 aliphatic heterocycles. The van der Waals surface area contributed by atoms with E-state index in [0.29, 0.717) is 63.4 Å². The molecule has 5 aromatic rings. The Bertz CT molecular complexity index is 1840. The van der Waals surface area contributed by atoms with E-state index < -0.39 is 18.0 Å². The predicted octanol–water partition coefficient (Wildman–Crippen LogP) is 4.75. The summed E-state index contributed by atoms with van der Waals surface area (Å²) in [6, 6.07) is 20.1. The number of methoxy groups -OCH3 is 1. The molecule has 2 unspecified atom stereocenters. The molecule has 1 saturated heterocycles. The number of amides is 2. The Morgan fingerprint density at radius 2 is 1.57 bits per heavy atom. The molecule has 1 fully saturated rings. The summed E-state index contributed by atoms with van der Waals surface area (Å²) in [7, 11) is 1.32. The summed E-state index contributed by atoms with van der Waals surface area (Å²) in [6.07, 6.45) is 2.46. The zero-order chi connectivity index (χ0) is 31.2. The number of hydrogen-bond donors (Lipinski definition) is 3. The number of nitrogens with zero attached hydrogens (tertiary/aromatic N) is 5. The van der Waals surface area contributed by atoms with Crippen LogP contribution in [0.15, 0.2) is 79.4 Å². The lowest BCUT2D eigenvalue weighted by atomic mass is 9.85. The van der Waals surface area contributed by atoms with E-state index in [-0.39, 0.29) is 12.0 Å². The van der Waals surface area contributed by atoms with Crippen LogP contribution in [0.25, 0.3) is 21.8 Å². The zero-order valence-corrected chi connectivity index (χ0v) is 24.3. The van der Waals surface area contributed by atoms with E-state index in [1.807, 2.05) is 24.3 Å². The third-order valence-corrected chi connectivity index (χ3v) is 7.69. The van der Waals surface area contributed by atoms with Crippen molar-refractivity contribution in [1.29, 1.82) is 0 Å². The minimum atomic E-state index is -0.938. The molecule has 2 aromatic heterocycles. The van der Waals surface area contributed by atoms with Crippen molar-refractivity contribution in [3.8, 4) is 0 Å². The molecule has 0 bridgehead atoms. The van der Waals surface area contributed by atoms with Crippen molar-refractivity contribution >= 4 is 57.2 Å². The predicted molar refractivity (Wildman–Crippen MR) is 165 cm³/mol. The number of halogens is 1. The zero-order valence-electron chi connectivity index (χ0n) is 23.6. The van der Waals surface area contributed by atoms with Gasteiger partial charge < -0.3 is 25.8 Å². The SMILES string of the molecule is COC(=O)c1cccc2c(Cl)ncnc12.NC(=O)c1cccc2c(NC3CN(C(=O)O)CCC3c3ccccc3)ncnc12. The molecule has 13 heteroatoms. The van der Waals surface area contributed by atoms with Crippen LogP contribution >= 0.6 is 11.6 Å². The number of benzene rings is 3. The summed E-state index contributed by atoms with van der Waals surface area (Å²) >= 11 is 5.87. The Morgan fingerprint density at radius 3 is 2.25 bits per heavy atom. The van der Waals surface area contributed by atoms with Crippen LogP contribution in [0.4, 0.5) is 10.6 Å². The standard InChI is InChI=1S/C21H21N5O3.C10H7ClN2O2/c22-19(27)15-7-4-8-16-18(15)23-12-24-20(16)25-17-11-26(21(28)29)10-9-14(17)13-5-2-1-3-6-13;1-15-10(14)7-4-2-3-6-8(7)12-5-13-9(6)11/h1-8,12,14,17H,9-11H2,(H2,22,27)(H,28,29)(H,23,24,25);2-5H,1H3. The van der Waals surface area contributed by atoms with Gasteiger partial charge >= 0.3 is 12.1 Å².